The zero-order chi connectivity index (χ0) is 14.3. The lowest BCUT2D eigenvalue weighted by molar-refractivity contribution is -0.137. The summed E-state index contributed by atoms with van der Waals surface area (Å²) in [4.78, 5) is 4.37. The van der Waals surface area contributed by atoms with E-state index in [4.69, 9.17) is 0 Å². The smallest absolute Gasteiger partial charge is 0.241 e. The molecule has 0 saturated carbocycles. The van der Waals surface area contributed by atoms with Crippen molar-refractivity contribution in [3.8, 4) is 11.1 Å². The predicted molar refractivity (Wildman–Crippen MR) is 74.8 cm³/mol. The first-order chi connectivity index (χ1) is 9.43. The van der Waals surface area contributed by atoms with Crippen LogP contribution in [0.5, 0.6) is 0 Å². The fraction of sp³-hybridized carbons (Fsp3) is 0.133. The highest BCUT2D eigenvalue weighted by molar-refractivity contribution is 7.18. The van der Waals surface area contributed by atoms with Crippen LogP contribution in [0.25, 0.3) is 21.3 Å². The number of alkyl halides is 3. The molecule has 5 heteroatoms. The Morgan fingerprint density at radius 3 is 2.50 bits per heavy atom. The molecule has 0 unspecified atom stereocenters. The van der Waals surface area contributed by atoms with Crippen molar-refractivity contribution in [2.75, 3.05) is 0 Å². The minimum Gasteiger partial charge on any atom is -0.241 e. The quantitative estimate of drug-likeness (QED) is 0.594. The third kappa shape index (κ3) is 2.41. The lowest BCUT2D eigenvalue weighted by Crippen LogP contribution is -2.04. The molecule has 1 nitrogen and oxygen atoms in total. The Labute approximate surface area is 117 Å². The molecule has 20 heavy (non-hydrogen) atoms. The number of aromatic nitrogens is 1. The van der Waals surface area contributed by atoms with Gasteiger partial charge in [0.05, 0.1) is 20.8 Å². The van der Waals surface area contributed by atoms with Crippen LogP contribution in [0.4, 0.5) is 13.2 Å². The molecule has 0 aliphatic heterocycles. The maximum absolute atomic E-state index is 12.7. The van der Waals surface area contributed by atoms with Crippen LogP contribution in [-0.2, 0) is 6.18 Å². The summed E-state index contributed by atoms with van der Waals surface area (Å²) in [7, 11) is 0. The van der Waals surface area contributed by atoms with E-state index in [0.29, 0.717) is 5.56 Å². The Hall–Kier alpha value is -1.88. The van der Waals surface area contributed by atoms with Gasteiger partial charge in [0, 0.05) is 0 Å². The number of nitrogens with zero attached hydrogens (tertiary/aromatic N) is 1. The molecule has 0 aliphatic carbocycles. The van der Waals surface area contributed by atoms with Crippen molar-refractivity contribution in [3.63, 3.8) is 0 Å². The number of aryl methyl sites for hydroxylation is 1. The number of thiazole rings is 1. The van der Waals surface area contributed by atoms with E-state index in [1.807, 2.05) is 25.1 Å². The van der Waals surface area contributed by atoms with E-state index < -0.39 is 11.7 Å². The van der Waals surface area contributed by atoms with Gasteiger partial charge in [0.15, 0.2) is 0 Å². The lowest BCUT2D eigenvalue weighted by Gasteiger charge is -2.08. The molecule has 2 aromatic carbocycles. The molecular formula is C15H10F3NS. The van der Waals surface area contributed by atoms with Gasteiger partial charge in [-0.2, -0.15) is 13.2 Å². The van der Waals surface area contributed by atoms with Crippen molar-refractivity contribution in [1.82, 2.24) is 4.98 Å². The summed E-state index contributed by atoms with van der Waals surface area (Å²) in [6, 6.07) is 10.9. The van der Waals surface area contributed by atoms with Crippen molar-refractivity contribution in [2.24, 2.45) is 0 Å². The van der Waals surface area contributed by atoms with Crippen molar-refractivity contribution >= 4 is 21.6 Å². The molecule has 0 bridgehead atoms. The van der Waals surface area contributed by atoms with Crippen LogP contribution in [0, 0.1) is 6.92 Å². The molecule has 0 radical (unpaired) electrons. The number of benzene rings is 2. The normalized spacial score (nSPS) is 12.0. The van der Waals surface area contributed by atoms with E-state index >= 15 is 0 Å². The van der Waals surface area contributed by atoms with Crippen molar-refractivity contribution in [1.29, 1.82) is 0 Å². The third-order valence-electron chi connectivity index (χ3n) is 3.02. The molecule has 3 rings (SSSR count). The molecule has 1 heterocycles. The van der Waals surface area contributed by atoms with Gasteiger partial charge in [-0.15, -0.1) is 11.3 Å². The summed E-state index contributed by atoms with van der Waals surface area (Å²) in [6.45, 7) is 1.91. The fourth-order valence-electron chi connectivity index (χ4n) is 2.10. The Kier molecular flexibility index (Phi) is 3.01. The van der Waals surface area contributed by atoms with E-state index in [2.05, 4.69) is 4.98 Å². The monoisotopic (exact) mass is 293 g/mol. The molecule has 0 N–H and O–H groups in total. The summed E-state index contributed by atoms with van der Waals surface area (Å²) in [6.07, 6.45) is -4.32. The Bertz CT molecular complexity index is 774. The number of hydrogen-bond donors (Lipinski definition) is 0. The molecule has 0 amide bonds. The zero-order valence-corrected chi connectivity index (χ0v) is 11.3. The van der Waals surface area contributed by atoms with Crippen LogP contribution in [0.2, 0.25) is 0 Å². The molecule has 0 fully saturated rings. The molecule has 0 spiro atoms. The van der Waals surface area contributed by atoms with Gasteiger partial charge in [-0.3, -0.25) is 0 Å². The van der Waals surface area contributed by atoms with Crippen LogP contribution < -0.4 is 0 Å². The Balaban J connectivity index is 2.10. The molecule has 0 atom stereocenters. The Morgan fingerprint density at radius 1 is 1.00 bits per heavy atom. The number of fused-ring (bicyclic) bond motifs is 1. The Morgan fingerprint density at radius 2 is 1.75 bits per heavy atom. The van der Waals surface area contributed by atoms with Crippen molar-refractivity contribution < 1.29 is 13.2 Å². The number of halogens is 3. The predicted octanol–water partition coefficient (Wildman–Crippen LogP) is 5.29. The molecule has 0 saturated heterocycles. The zero-order valence-electron chi connectivity index (χ0n) is 10.5. The van der Waals surface area contributed by atoms with E-state index in [9.17, 15) is 13.2 Å². The van der Waals surface area contributed by atoms with E-state index in [-0.39, 0.29) is 0 Å². The van der Waals surface area contributed by atoms with Crippen molar-refractivity contribution in [2.45, 2.75) is 13.1 Å². The summed E-state index contributed by atoms with van der Waals surface area (Å²) in [5.74, 6) is 0. The van der Waals surface area contributed by atoms with Gasteiger partial charge in [0.25, 0.3) is 0 Å². The van der Waals surface area contributed by atoms with Crippen LogP contribution >= 0.6 is 11.3 Å². The van der Waals surface area contributed by atoms with Crippen molar-refractivity contribution in [3.05, 3.63) is 53.0 Å². The van der Waals surface area contributed by atoms with Gasteiger partial charge in [-0.05, 0) is 42.3 Å². The molecule has 1 aromatic heterocycles. The molecule has 3 aromatic rings. The summed E-state index contributed by atoms with van der Waals surface area (Å²) < 4.78 is 39.2. The molecule has 0 aliphatic rings. The summed E-state index contributed by atoms with van der Waals surface area (Å²) in [5.41, 5.74) is 1.48. The fourth-order valence-corrected chi connectivity index (χ4v) is 2.90. The van der Waals surface area contributed by atoms with Gasteiger partial charge in [-0.1, -0.05) is 18.2 Å². The minimum absolute atomic E-state index is 0.548. The second kappa shape index (κ2) is 4.59. The van der Waals surface area contributed by atoms with Gasteiger partial charge in [-0.25, -0.2) is 4.98 Å². The first-order valence-electron chi connectivity index (χ1n) is 5.98. The second-order valence-electron chi connectivity index (χ2n) is 4.49. The third-order valence-corrected chi connectivity index (χ3v) is 3.97. The average Bonchev–Trinajstić information content (AvgIpc) is 2.77. The average molecular weight is 293 g/mol. The van der Waals surface area contributed by atoms with Gasteiger partial charge < -0.3 is 0 Å². The topological polar surface area (TPSA) is 12.9 Å². The van der Waals surface area contributed by atoms with Crippen LogP contribution in [0.15, 0.2) is 42.5 Å². The van der Waals surface area contributed by atoms with Crippen LogP contribution in [-0.4, -0.2) is 4.98 Å². The SMILES string of the molecule is Cc1nc2cc(-c3cccc(C(F)(F)F)c3)ccc2s1. The minimum atomic E-state index is -4.32. The van der Waals surface area contributed by atoms with Crippen LogP contribution in [0.1, 0.15) is 10.6 Å². The van der Waals surface area contributed by atoms with Crippen LogP contribution in [0.3, 0.4) is 0 Å². The largest absolute Gasteiger partial charge is 0.416 e. The van der Waals surface area contributed by atoms with Gasteiger partial charge >= 0.3 is 6.18 Å². The first-order valence-corrected chi connectivity index (χ1v) is 6.80. The summed E-state index contributed by atoms with van der Waals surface area (Å²) in [5, 5.41) is 0.946. The lowest BCUT2D eigenvalue weighted by atomic mass is 10.0. The number of rotatable bonds is 1. The molecular weight excluding hydrogens is 283 g/mol. The van der Waals surface area contributed by atoms with E-state index in [0.717, 1.165) is 26.9 Å². The summed E-state index contributed by atoms with van der Waals surface area (Å²) >= 11 is 1.57. The highest BCUT2D eigenvalue weighted by Gasteiger charge is 2.30. The highest BCUT2D eigenvalue weighted by Crippen LogP contribution is 2.33. The standard InChI is InChI=1S/C15H10F3NS/c1-9-19-13-8-11(5-6-14(13)20-9)10-3-2-4-12(7-10)15(16,17)18/h2-8H,1H3. The highest BCUT2D eigenvalue weighted by atomic mass is 32.1. The second-order valence-corrected chi connectivity index (χ2v) is 5.73. The maximum atomic E-state index is 12.7. The van der Waals surface area contributed by atoms with Gasteiger partial charge in [0.1, 0.15) is 0 Å². The van der Waals surface area contributed by atoms with E-state index in [1.54, 1.807) is 17.4 Å². The maximum Gasteiger partial charge on any atom is 0.416 e. The number of hydrogen-bond acceptors (Lipinski definition) is 2. The molecule has 102 valence electrons. The first kappa shape index (κ1) is 13.1. The van der Waals surface area contributed by atoms with E-state index in [1.165, 1.54) is 12.1 Å². The van der Waals surface area contributed by atoms with Gasteiger partial charge in [0.2, 0.25) is 0 Å².